The molecule has 1 rings (SSSR count). The summed E-state index contributed by atoms with van der Waals surface area (Å²) in [5.41, 5.74) is 0.319. The van der Waals surface area contributed by atoms with Gasteiger partial charge in [-0.25, -0.2) is 0 Å². The SMILES string of the molecule is CCC(C)(CCOc1ccccc1)CNC(C)C. The minimum Gasteiger partial charge on any atom is -0.494 e. The van der Waals surface area contributed by atoms with Crippen molar-refractivity contribution in [3.05, 3.63) is 30.3 Å². The maximum absolute atomic E-state index is 5.78. The van der Waals surface area contributed by atoms with Gasteiger partial charge in [-0.15, -0.1) is 0 Å². The Kier molecular flexibility index (Phi) is 6.20. The van der Waals surface area contributed by atoms with E-state index in [0.29, 0.717) is 11.5 Å². The Morgan fingerprint density at radius 3 is 2.44 bits per heavy atom. The molecule has 0 aliphatic carbocycles. The number of hydrogen-bond acceptors (Lipinski definition) is 2. The van der Waals surface area contributed by atoms with E-state index in [1.165, 1.54) is 6.42 Å². The highest BCUT2D eigenvalue weighted by atomic mass is 16.5. The molecule has 1 unspecified atom stereocenters. The smallest absolute Gasteiger partial charge is 0.119 e. The highest BCUT2D eigenvalue weighted by Gasteiger charge is 2.22. The Balaban J connectivity index is 2.34. The Hall–Kier alpha value is -1.02. The van der Waals surface area contributed by atoms with Gasteiger partial charge in [0.1, 0.15) is 5.75 Å². The van der Waals surface area contributed by atoms with Gasteiger partial charge in [0.05, 0.1) is 6.61 Å². The predicted molar refractivity (Wildman–Crippen MR) is 78.1 cm³/mol. The molecule has 0 aliphatic heterocycles. The third-order valence-corrected chi connectivity index (χ3v) is 3.51. The molecule has 2 heteroatoms. The maximum atomic E-state index is 5.78. The first-order chi connectivity index (χ1) is 8.56. The second-order valence-electron chi connectivity index (χ2n) is 5.61. The fourth-order valence-electron chi connectivity index (χ4n) is 1.77. The van der Waals surface area contributed by atoms with Gasteiger partial charge in [0, 0.05) is 12.6 Å². The zero-order chi connectivity index (χ0) is 13.4. The largest absolute Gasteiger partial charge is 0.494 e. The van der Waals surface area contributed by atoms with Crippen LogP contribution in [0.3, 0.4) is 0 Å². The molecule has 1 aromatic rings. The summed E-state index contributed by atoms with van der Waals surface area (Å²) >= 11 is 0. The molecule has 0 aliphatic rings. The summed E-state index contributed by atoms with van der Waals surface area (Å²) in [7, 11) is 0. The number of hydrogen-bond donors (Lipinski definition) is 1. The first-order valence-corrected chi connectivity index (χ1v) is 6.97. The normalized spacial score (nSPS) is 14.5. The van der Waals surface area contributed by atoms with Gasteiger partial charge in [0.15, 0.2) is 0 Å². The predicted octanol–water partition coefficient (Wildman–Crippen LogP) is 3.87. The molecule has 1 aromatic carbocycles. The summed E-state index contributed by atoms with van der Waals surface area (Å²) in [6, 6.07) is 10.6. The van der Waals surface area contributed by atoms with Crippen LogP contribution in [0.1, 0.15) is 40.5 Å². The lowest BCUT2D eigenvalue weighted by Gasteiger charge is -2.29. The molecule has 18 heavy (non-hydrogen) atoms. The summed E-state index contributed by atoms with van der Waals surface area (Å²) in [6.45, 7) is 10.8. The monoisotopic (exact) mass is 249 g/mol. The van der Waals surface area contributed by atoms with Crippen LogP contribution in [0.25, 0.3) is 0 Å². The van der Waals surface area contributed by atoms with Gasteiger partial charge < -0.3 is 10.1 Å². The number of benzene rings is 1. The van der Waals surface area contributed by atoms with Crippen molar-refractivity contribution in [2.45, 2.75) is 46.6 Å². The van der Waals surface area contributed by atoms with Crippen molar-refractivity contribution in [3.8, 4) is 5.75 Å². The molecule has 0 saturated heterocycles. The molecule has 0 bridgehead atoms. The molecule has 0 spiro atoms. The van der Waals surface area contributed by atoms with Crippen molar-refractivity contribution in [2.24, 2.45) is 5.41 Å². The molecule has 0 heterocycles. The van der Waals surface area contributed by atoms with Gasteiger partial charge in [-0.05, 0) is 30.4 Å². The fourth-order valence-corrected chi connectivity index (χ4v) is 1.77. The lowest BCUT2D eigenvalue weighted by Crippen LogP contribution is -2.36. The highest BCUT2D eigenvalue weighted by molar-refractivity contribution is 5.20. The van der Waals surface area contributed by atoms with Crippen molar-refractivity contribution < 1.29 is 4.74 Å². The molecular formula is C16H27NO. The molecule has 2 nitrogen and oxygen atoms in total. The lowest BCUT2D eigenvalue weighted by molar-refractivity contribution is 0.196. The van der Waals surface area contributed by atoms with Crippen LogP contribution >= 0.6 is 0 Å². The van der Waals surface area contributed by atoms with E-state index in [0.717, 1.165) is 25.3 Å². The van der Waals surface area contributed by atoms with Crippen molar-refractivity contribution >= 4 is 0 Å². The van der Waals surface area contributed by atoms with Crippen molar-refractivity contribution in [2.75, 3.05) is 13.2 Å². The minimum absolute atomic E-state index is 0.319. The molecule has 102 valence electrons. The van der Waals surface area contributed by atoms with E-state index >= 15 is 0 Å². The Bertz CT molecular complexity index is 323. The average molecular weight is 249 g/mol. The third kappa shape index (κ3) is 5.54. The molecule has 0 fully saturated rings. The Morgan fingerprint density at radius 1 is 1.22 bits per heavy atom. The van der Waals surface area contributed by atoms with Crippen LogP contribution in [-0.4, -0.2) is 19.2 Å². The Morgan fingerprint density at radius 2 is 1.89 bits per heavy atom. The number of ether oxygens (including phenoxy) is 1. The van der Waals surface area contributed by atoms with Gasteiger partial charge in [-0.1, -0.05) is 45.9 Å². The zero-order valence-electron chi connectivity index (χ0n) is 12.2. The fraction of sp³-hybridized carbons (Fsp3) is 0.625. The summed E-state index contributed by atoms with van der Waals surface area (Å²) in [5.74, 6) is 0.966. The summed E-state index contributed by atoms with van der Waals surface area (Å²) in [5, 5.41) is 3.53. The topological polar surface area (TPSA) is 21.3 Å². The van der Waals surface area contributed by atoms with E-state index in [2.05, 4.69) is 33.0 Å². The molecule has 0 amide bonds. The van der Waals surface area contributed by atoms with Crippen LogP contribution in [0, 0.1) is 5.41 Å². The average Bonchev–Trinajstić information content (AvgIpc) is 2.38. The van der Waals surface area contributed by atoms with Crippen LogP contribution in [0.2, 0.25) is 0 Å². The van der Waals surface area contributed by atoms with Gasteiger partial charge in [0.25, 0.3) is 0 Å². The van der Waals surface area contributed by atoms with E-state index < -0.39 is 0 Å². The van der Waals surface area contributed by atoms with Crippen molar-refractivity contribution in [1.82, 2.24) is 5.32 Å². The zero-order valence-corrected chi connectivity index (χ0v) is 12.2. The van der Waals surface area contributed by atoms with Crippen LogP contribution in [-0.2, 0) is 0 Å². The van der Waals surface area contributed by atoms with E-state index in [9.17, 15) is 0 Å². The summed E-state index contributed by atoms with van der Waals surface area (Å²) in [4.78, 5) is 0. The second-order valence-corrected chi connectivity index (χ2v) is 5.61. The summed E-state index contributed by atoms with van der Waals surface area (Å²) < 4.78 is 5.78. The lowest BCUT2D eigenvalue weighted by atomic mass is 9.84. The van der Waals surface area contributed by atoms with E-state index in [4.69, 9.17) is 4.74 Å². The molecule has 1 atom stereocenters. The molecule has 1 N–H and O–H groups in total. The van der Waals surface area contributed by atoms with Gasteiger partial charge >= 0.3 is 0 Å². The van der Waals surface area contributed by atoms with Crippen LogP contribution in [0.5, 0.6) is 5.75 Å². The quantitative estimate of drug-likeness (QED) is 0.755. The molecule has 0 radical (unpaired) electrons. The van der Waals surface area contributed by atoms with Gasteiger partial charge in [-0.2, -0.15) is 0 Å². The van der Waals surface area contributed by atoms with E-state index in [1.54, 1.807) is 0 Å². The standard InChI is InChI=1S/C16H27NO/c1-5-16(4,13-17-14(2)3)11-12-18-15-9-7-6-8-10-15/h6-10,14,17H,5,11-13H2,1-4H3. The third-order valence-electron chi connectivity index (χ3n) is 3.51. The molecule has 0 aromatic heterocycles. The highest BCUT2D eigenvalue weighted by Crippen LogP contribution is 2.25. The number of rotatable bonds is 8. The van der Waals surface area contributed by atoms with Crippen LogP contribution in [0.4, 0.5) is 0 Å². The first-order valence-electron chi connectivity index (χ1n) is 6.97. The number of nitrogens with one attached hydrogen (secondary N) is 1. The van der Waals surface area contributed by atoms with Gasteiger partial charge in [-0.3, -0.25) is 0 Å². The van der Waals surface area contributed by atoms with E-state index in [1.807, 2.05) is 30.3 Å². The number of para-hydroxylation sites is 1. The minimum atomic E-state index is 0.319. The summed E-state index contributed by atoms with van der Waals surface area (Å²) in [6.07, 6.45) is 2.25. The maximum Gasteiger partial charge on any atom is 0.119 e. The Labute approximate surface area is 112 Å². The molecular weight excluding hydrogens is 222 g/mol. The van der Waals surface area contributed by atoms with E-state index in [-0.39, 0.29) is 0 Å². The van der Waals surface area contributed by atoms with Crippen LogP contribution in [0.15, 0.2) is 30.3 Å². The molecule has 0 saturated carbocycles. The first kappa shape index (κ1) is 15.0. The van der Waals surface area contributed by atoms with Gasteiger partial charge in [0.2, 0.25) is 0 Å². The second kappa shape index (κ2) is 7.42. The van der Waals surface area contributed by atoms with Crippen LogP contribution < -0.4 is 10.1 Å². The van der Waals surface area contributed by atoms with Crippen molar-refractivity contribution in [3.63, 3.8) is 0 Å². The van der Waals surface area contributed by atoms with Crippen molar-refractivity contribution in [1.29, 1.82) is 0 Å².